The average molecular weight is 241 g/mol. The Labute approximate surface area is 98.0 Å². The van der Waals surface area contributed by atoms with E-state index in [2.05, 4.69) is 17.4 Å². The van der Waals surface area contributed by atoms with E-state index in [4.69, 9.17) is 17.3 Å². The van der Waals surface area contributed by atoms with Crippen molar-refractivity contribution in [2.75, 3.05) is 13.1 Å². The van der Waals surface area contributed by atoms with E-state index < -0.39 is 0 Å². The normalized spacial score (nSPS) is 11.1. The summed E-state index contributed by atoms with van der Waals surface area (Å²) in [6, 6.07) is 8.20. The molecule has 0 saturated heterocycles. The smallest absolute Gasteiger partial charge is 0.0636 e. The molecule has 1 heterocycles. The van der Waals surface area contributed by atoms with Gasteiger partial charge in [-0.2, -0.15) is 0 Å². The fourth-order valence-corrected chi connectivity index (χ4v) is 2.95. The summed E-state index contributed by atoms with van der Waals surface area (Å²) in [7, 11) is 0. The Morgan fingerprint density at radius 2 is 2.13 bits per heavy atom. The number of benzene rings is 1. The quantitative estimate of drug-likeness (QED) is 0.807. The van der Waals surface area contributed by atoms with Crippen LogP contribution in [0.4, 0.5) is 0 Å². The Morgan fingerprint density at radius 1 is 1.33 bits per heavy atom. The third-order valence-corrected chi connectivity index (χ3v) is 3.92. The lowest BCUT2D eigenvalue weighted by Crippen LogP contribution is -2.21. The molecule has 0 aliphatic heterocycles. The molecule has 1 aromatic heterocycles. The lowest BCUT2D eigenvalue weighted by atomic mass is 10.2. The van der Waals surface area contributed by atoms with Gasteiger partial charge in [0.1, 0.15) is 0 Å². The summed E-state index contributed by atoms with van der Waals surface area (Å²) in [5, 5.41) is 5.28. The van der Waals surface area contributed by atoms with Crippen molar-refractivity contribution in [3.05, 3.63) is 34.2 Å². The molecule has 0 aliphatic carbocycles. The summed E-state index contributed by atoms with van der Waals surface area (Å²) in [6.45, 7) is 2.28. The van der Waals surface area contributed by atoms with Crippen molar-refractivity contribution in [3.8, 4) is 0 Å². The van der Waals surface area contributed by atoms with Crippen LogP contribution in [0.2, 0.25) is 5.02 Å². The molecule has 0 saturated carbocycles. The molecular weight excluding hydrogens is 228 g/mol. The highest BCUT2D eigenvalue weighted by Crippen LogP contribution is 2.34. The lowest BCUT2D eigenvalue weighted by molar-refractivity contribution is 0.702. The SMILES string of the molecule is NCCNCc1sc2ccccc2c1Cl. The van der Waals surface area contributed by atoms with Crippen molar-refractivity contribution < 1.29 is 0 Å². The van der Waals surface area contributed by atoms with Crippen molar-refractivity contribution in [2.24, 2.45) is 5.73 Å². The topological polar surface area (TPSA) is 38.0 Å². The second-order valence-corrected chi connectivity index (χ2v) is 4.82. The predicted molar refractivity (Wildman–Crippen MR) is 67.6 cm³/mol. The molecule has 0 atom stereocenters. The van der Waals surface area contributed by atoms with Gasteiger partial charge in [-0.05, 0) is 6.07 Å². The van der Waals surface area contributed by atoms with E-state index in [-0.39, 0.29) is 0 Å². The monoisotopic (exact) mass is 240 g/mol. The van der Waals surface area contributed by atoms with Crippen LogP contribution < -0.4 is 11.1 Å². The minimum absolute atomic E-state index is 0.655. The Morgan fingerprint density at radius 3 is 2.87 bits per heavy atom. The van der Waals surface area contributed by atoms with Gasteiger partial charge in [0.05, 0.1) is 5.02 Å². The summed E-state index contributed by atoms with van der Waals surface area (Å²) in [4.78, 5) is 1.19. The molecule has 0 aliphatic rings. The number of fused-ring (bicyclic) bond motifs is 1. The van der Waals surface area contributed by atoms with Gasteiger partial charge in [0.2, 0.25) is 0 Å². The molecule has 15 heavy (non-hydrogen) atoms. The summed E-state index contributed by atoms with van der Waals surface area (Å²) in [5.41, 5.74) is 5.41. The van der Waals surface area contributed by atoms with E-state index in [0.29, 0.717) is 6.54 Å². The Bertz CT molecular complexity index is 453. The zero-order chi connectivity index (χ0) is 10.7. The predicted octanol–water partition coefficient (Wildman–Crippen LogP) is 2.60. The minimum Gasteiger partial charge on any atom is -0.329 e. The van der Waals surface area contributed by atoms with E-state index in [1.165, 1.54) is 9.58 Å². The highest BCUT2D eigenvalue weighted by Gasteiger charge is 2.08. The van der Waals surface area contributed by atoms with E-state index in [1.807, 2.05) is 12.1 Å². The van der Waals surface area contributed by atoms with E-state index in [0.717, 1.165) is 23.5 Å². The van der Waals surface area contributed by atoms with Crippen LogP contribution in [0.5, 0.6) is 0 Å². The van der Waals surface area contributed by atoms with Crippen LogP contribution in [0.3, 0.4) is 0 Å². The molecule has 4 heteroatoms. The molecule has 0 fully saturated rings. The highest BCUT2D eigenvalue weighted by atomic mass is 35.5. The van der Waals surface area contributed by atoms with Crippen LogP contribution in [0.1, 0.15) is 4.88 Å². The minimum atomic E-state index is 0.655. The van der Waals surface area contributed by atoms with Gasteiger partial charge in [-0.3, -0.25) is 0 Å². The first kappa shape index (κ1) is 10.9. The van der Waals surface area contributed by atoms with Crippen LogP contribution in [-0.4, -0.2) is 13.1 Å². The van der Waals surface area contributed by atoms with Crippen molar-refractivity contribution in [1.82, 2.24) is 5.32 Å². The van der Waals surface area contributed by atoms with E-state index >= 15 is 0 Å². The Hall–Kier alpha value is -0.610. The Kier molecular flexibility index (Phi) is 3.59. The largest absolute Gasteiger partial charge is 0.329 e. The second kappa shape index (κ2) is 4.94. The van der Waals surface area contributed by atoms with Crippen molar-refractivity contribution in [1.29, 1.82) is 0 Å². The molecule has 80 valence electrons. The van der Waals surface area contributed by atoms with Gasteiger partial charge in [-0.1, -0.05) is 29.8 Å². The number of rotatable bonds is 4. The number of nitrogens with one attached hydrogen (secondary N) is 1. The van der Waals surface area contributed by atoms with Crippen molar-refractivity contribution >= 4 is 33.0 Å². The zero-order valence-electron chi connectivity index (χ0n) is 8.29. The van der Waals surface area contributed by atoms with E-state index in [9.17, 15) is 0 Å². The first-order chi connectivity index (χ1) is 7.33. The fourth-order valence-electron chi connectivity index (χ4n) is 1.48. The van der Waals surface area contributed by atoms with Gasteiger partial charge in [0, 0.05) is 34.6 Å². The maximum absolute atomic E-state index is 6.28. The van der Waals surface area contributed by atoms with Crippen LogP contribution in [0.15, 0.2) is 24.3 Å². The number of thiophene rings is 1. The molecule has 0 unspecified atom stereocenters. The van der Waals surface area contributed by atoms with Crippen LogP contribution in [0.25, 0.3) is 10.1 Å². The standard InChI is InChI=1S/C11H13ClN2S/c12-11-8-3-1-2-4-9(8)15-10(11)7-14-6-5-13/h1-4,14H,5-7,13H2. The van der Waals surface area contributed by atoms with E-state index in [1.54, 1.807) is 11.3 Å². The van der Waals surface area contributed by atoms with Crippen LogP contribution >= 0.6 is 22.9 Å². The molecule has 2 nitrogen and oxygen atoms in total. The number of hydrogen-bond acceptors (Lipinski definition) is 3. The first-order valence-corrected chi connectivity index (χ1v) is 6.09. The molecule has 0 radical (unpaired) electrons. The third-order valence-electron chi connectivity index (χ3n) is 2.21. The molecular formula is C11H13ClN2S. The van der Waals surface area contributed by atoms with Crippen molar-refractivity contribution in [3.63, 3.8) is 0 Å². The molecule has 0 amide bonds. The average Bonchev–Trinajstić information content (AvgIpc) is 2.57. The molecule has 2 rings (SSSR count). The molecule has 1 aromatic carbocycles. The third kappa shape index (κ3) is 2.32. The highest BCUT2D eigenvalue weighted by molar-refractivity contribution is 7.19. The Balaban J connectivity index is 2.24. The first-order valence-electron chi connectivity index (χ1n) is 4.89. The zero-order valence-corrected chi connectivity index (χ0v) is 9.87. The van der Waals surface area contributed by atoms with Gasteiger partial charge in [-0.15, -0.1) is 11.3 Å². The van der Waals surface area contributed by atoms with Crippen LogP contribution in [-0.2, 0) is 6.54 Å². The van der Waals surface area contributed by atoms with Crippen LogP contribution in [0, 0.1) is 0 Å². The summed E-state index contributed by atoms with van der Waals surface area (Å²) >= 11 is 8.01. The van der Waals surface area contributed by atoms with Gasteiger partial charge >= 0.3 is 0 Å². The molecule has 0 bridgehead atoms. The number of halogens is 1. The molecule has 0 spiro atoms. The summed E-state index contributed by atoms with van der Waals surface area (Å²) in [5.74, 6) is 0. The fraction of sp³-hybridized carbons (Fsp3) is 0.273. The maximum Gasteiger partial charge on any atom is 0.0636 e. The number of nitrogens with two attached hydrogens (primary N) is 1. The van der Waals surface area contributed by atoms with Gasteiger partial charge in [0.25, 0.3) is 0 Å². The summed E-state index contributed by atoms with van der Waals surface area (Å²) in [6.07, 6.45) is 0. The maximum atomic E-state index is 6.28. The van der Waals surface area contributed by atoms with Crippen molar-refractivity contribution in [2.45, 2.75) is 6.54 Å². The van der Waals surface area contributed by atoms with Gasteiger partial charge in [0.15, 0.2) is 0 Å². The number of hydrogen-bond donors (Lipinski definition) is 2. The molecule has 2 aromatic rings. The van der Waals surface area contributed by atoms with Gasteiger partial charge in [-0.25, -0.2) is 0 Å². The van der Waals surface area contributed by atoms with Gasteiger partial charge < -0.3 is 11.1 Å². The lowest BCUT2D eigenvalue weighted by Gasteiger charge is -2.00. The summed E-state index contributed by atoms with van der Waals surface area (Å²) < 4.78 is 1.24. The second-order valence-electron chi connectivity index (χ2n) is 3.30. The molecule has 3 N–H and O–H groups in total.